The summed E-state index contributed by atoms with van der Waals surface area (Å²) in [4.78, 5) is 19.0. The van der Waals surface area contributed by atoms with Gasteiger partial charge < -0.3 is 9.47 Å². The molecule has 1 fully saturated rings. The van der Waals surface area contributed by atoms with Gasteiger partial charge in [-0.3, -0.25) is 9.78 Å². The second-order valence-corrected chi connectivity index (χ2v) is 7.69. The van der Waals surface area contributed by atoms with Crippen LogP contribution < -0.4 is 0 Å². The predicted octanol–water partition coefficient (Wildman–Crippen LogP) is 4.25. The quantitative estimate of drug-likeness (QED) is 0.570. The van der Waals surface area contributed by atoms with E-state index in [0.29, 0.717) is 42.8 Å². The Balaban J connectivity index is 1.55. The number of carbonyl (C=O) groups is 1. The van der Waals surface area contributed by atoms with E-state index in [4.69, 9.17) is 0 Å². The summed E-state index contributed by atoms with van der Waals surface area (Å²) in [6, 6.07) is 7.43. The highest BCUT2D eigenvalue weighted by molar-refractivity contribution is 5.95. The summed E-state index contributed by atoms with van der Waals surface area (Å²) in [6.45, 7) is 0.372. The van der Waals surface area contributed by atoms with Gasteiger partial charge in [0, 0.05) is 12.7 Å². The second kappa shape index (κ2) is 7.14. The first-order valence-corrected chi connectivity index (χ1v) is 9.89. The Morgan fingerprint density at radius 2 is 1.90 bits per heavy atom. The molecular weight excluding hydrogens is 414 g/mol. The second-order valence-electron chi connectivity index (χ2n) is 7.69. The van der Waals surface area contributed by atoms with Crippen LogP contribution >= 0.6 is 0 Å². The van der Waals surface area contributed by atoms with E-state index in [9.17, 15) is 22.4 Å². The number of amides is 1. The first-order valence-electron chi connectivity index (χ1n) is 9.89. The van der Waals surface area contributed by atoms with E-state index in [1.54, 1.807) is 12.3 Å². The molecule has 0 N–H and O–H groups in total. The number of halogens is 4. The molecule has 160 valence electrons. The third-order valence-corrected chi connectivity index (χ3v) is 5.88. The van der Waals surface area contributed by atoms with Crippen molar-refractivity contribution in [2.24, 2.45) is 0 Å². The van der Waals surface area contributed by atoms with Crippen molar-refractivity contribution >= 4 is 5.91 Å². The molecule has 1 saturated heterocycles. The first kappa shape index (κ1) is 19.7. The highest BCUT2D eigenvalue weighted by atomic mass is 19.4. The van der Waals surface area contributed by atoms with Crippen molar-refractivity contribution in [3.63, 3.8) is 0 Å². The number of piperidine rings is 1. The molecule has 2 aliphatic heterocycles. The third-order valence-electron chi connectivity index (χ3n) is 5.88. The normalized spacial score (nSPS) is 20.5. The number of nitrogens with zero attached hydrogens (tertiary/aromatic N) is 5. The standard InChI is InChI=1S/C21H17F4N5O/c22-17-13(6-4-7-14(17)21(23,24)25)20(31)30-12-5-3-9-16(30)19-28-27-18(29(19)11-12)15-8-1-2-10-26-15/h1-2,4,6-8,10,12,16H,3,5,9,11H2. The molecule has 1 aromatic carbocycles. The minimum atomic E-state index is -4.88. The van der Waals surface area contributed by atoms with E-state index >= 15 is 0 Å². The van der Waals surface area contributed by atoms with Crippen molar-refractivity contribution in [3.8, 4) is 11.5 Å². The van der Waals surface area contributed by atoms with Gasteiger partial charge in [-0.2, -0.15) is 13.2 Å². The summed E-state index contributed by atoms with van der Waals surface area (Å²) in [6.07, 6.45) is -1.18. The van der Waals surface area contributed by atoms with Gasteiger partial charge in [-0.15, -0.1) is 10.2 Å². The molecule has 0 radical (unpaired) electrons. The molecule has 6 nitrogen and oxygen atoms in total. The summed E-state index contributed by atoms with van der Waals surface area (Å²) in [5.74, 6) is -1.19. The van der Waals surface area contributed by atoms with Gasteiger partial charge >= 0.3 is 6.18 Å². The molecule has 0 spiro atoms. The van der Waals surface area contributed by atoms with Crippen molar-refractivity contribution in [1.82, 2.24) is 24.6 Å². The number of rotatable bonds is 2. The van der Waals surface area contributed by atoms with E-state index in [1.165, 1.54) is 4.90 Å². The molecule has 2 aliphatic rings. The number of hydrogen-bond donors (Lipinski definition) is 0. The number of alkyl halides is 3. The Hall–Kier alpha value is -3.30. The number of benzene rings is 1. The van der Waals surface area contributed by atoms with Crippen LogP contribution in [0.3, 0.4) is 0 Å². The largest absolute Gasteiger partial charge is 0.419 e. The minimum absolute atomic E-state index is 0.300. The predicted molar refractivity (Wildman–Crippen MR) is 101 cm³/mol. The molecule has 5 rings (SSSR count). The van der Waals surface area contributed by atoms with Gasteiger partial charge in [0.15, 0.2) is 11.6 Å². The molecular formula is C21H17F4N5O. The van der Waals surface area contributed by atoms with Crippen molar-refractivity contribution in [2.45, 2.75) is 44.1 Å². The lowest BCUT2D eigenvalue weighted by Crippen LogP contribution is -2.52. The summed E-state index contributed by atoms with van der Waals surface area (Å²) in [5.41, 5.74) is -1.38. The van der Waals surface area contributed by atoms with Crippen LogP contribution in [0, 0.1) is 5.82 Å². The van der Waals surface area contributed by atoms with Gasteiger partial charge in [-0.05, 0) is 43.5 Å². The fraction of sp³-hybridized carbons (Fsp3) is 0.333. The fourth-order valence-corrected chi connectivity index (χ4v) is 4.51. The Bertz CT molecular complexity index is 1140. The molecule has 1 amide bonds. The molecule has 2 atom stereocenters. The van der Waals surface area contributed by atoms with E-state index in [2.05, 4.69) is 15.2 Å². The van der Waals surface area contributed by atoms with Crippen LogP contribution in [0.5, 0.6) is 0 Å². The van der Waals surface area contributed by atoms with E-state index < -0.39 is 35.1 Å². The number of hydrogen-bond acceptors (Lipinski definition) is 4. The molecule has 2 unspecified atom stereocenters. The highest BCUT2D eigenvalue weighted by Crippen LogP contribution is 2.41. The lowest BCUT2D eigenvalue weighted by Gasteiger charge is -2.45. The number of aromatic nitrogens is 4. The van der Waals surface area contributed by atoms with Crippen LogP contribution in [0.2, 0.25) is 0 Å². The van der Waals surface area contributed by atoms with Crippen molar-refractivity contribution in [3.05, 3.63) is 65.4 Å². The highest BCUT2D eigenvalue weighted by Gasteiger charge is 2.44. The zero-order valence-electron chi connectivity index (χ0n) is 16.2. The molecule has 31 heavy (non-hydrogen) atoms. The molecule has 2 bridgehead atoms. The monoisotopic (exact) mass is 431 g/mol. The molecule has 3 aromatic rings. The van der Waals surface area contributed by atoms with Gasteiger partial charge in [0.25, 0.3) is 5.91 Å². The average Bonchev–Trinajstić information content (AvgIpc) is 3.16. The van der Waals surface area contributed by atoms with E-state index in [-0.39, 0.29) is 6.04 Å². The van der Waals surface area contributed by atoms with Crippen molar-refractivity contribution in [2.75, 3.05) is 0 Å². The lowest BCUT2D eigenvalue weighted by atomic mass is 9.90. The van der Waals surface area contributed by atoms with E-state index in [0.717, 1.165) is 18.6 Å². The van der Waals surface area contributed by atoms with Gasteiger partial charge in [-0.25, -0.2) is 4.39 Å². The first-order chi connectivity index (χ1) is 14.9. The smallest absolute Gasteiger partial charge is 0.324 e. The van der Waals surface area contributed by atoms with Crippen LogP contribution in [-0.2, 0) is 12.7 Å². The van der Waals surface area contributed by atoms with Gasteiger partial charge in [0.2, 0.25) is 0 Å². The van der Waals surface area contributed by atoms with Gasteiger partial charge in [0.05, 0.1) is 23.2 Å². The molecule has 0 saturated carbocycles. The summed E-state index contributed by atoms with van der Waals surface area (Å²) in [5, 5.41) is 8.51. The number of fused-ring (bicyclic) bond motifs is 4. The van der Waals surface area contributed by atoms with Gasteiger partial charge in [-0.1, -0.05) is 12.1 Å². The average molecular weight is 431 g/mol. The summed E-state index contributed by atoms with van der Waals surface area (Å²) in [7, 11) is 0. The number of carbonyl (C=O) groups excluding carboxylic acids is 1. The summed E-state index contributed by atoms with van der Waals surface area (Å²) >= 11 is 0. The Kier molecular flexibility index (Phi) is 4.53. The fourth-order valence-electron chi connectivity index (χ4n) is 4.51. The Labute approximate surface area is 174 Å². The summed E-state index contributed by atoms with van der Waals surface area (Å²) < 4.78 is 56.0. The van der Waals surface area contributed by atoms with Crippen molar-refractivity contribution < 1.29 is 22.4 Å². The molecule has 2 aromatic heterocycles. The maximum absolute atomic E-state index is 14.7. The van der Waals surface area contributed by atoms with Crippen LogP contribution in [0.1, 0.15) is 47.1 Å². The van der Waals surface area contributed by atoms with Crippen LogP contribution in [-0.4, -0.2) is 36.6 Å². The Morgan fingerprint density at radius 3 is 2.65 bits per heavy atom. The zero-order chi connectivity index (χ0) is 21.8. The van der Waals surface area contributed by atoms with Crippen LogP contribution in [0.4, 0.5) is 17.6 Å². The lowest BCUT2D eigenvalue weighted by molar-refractivity contribution is -0.140. The SMILES string of the molecule is O=C(c1cccc(C(F)(F)F)c1F)N1C2CCCC1c1nnc(-c3ccccn3)n1C2. The number of pyridine rings is 1. The third kappa shape index (κ3) is 3.17. The zero-order valence-corrected chi connectivity index (χ0v) is 16.2. The van der Waals surface area contributed by atoms with Crippen LogP contribution in [0.15, 0.2) is 42.6 Å². The molecule has 4 heterocycles. The van der Waals surface area contributed by atoms with Crippen LogP contribution in [0.25, 0.3) is 11.5 Å². The Morgan fingerprint density at radius 1 is 1.06 bits per heavy atom. The maximum atomic E-state index is 14.7. The topological polar surface area (TPSA) is 63.9 Å². The maximum Gasteiger partial charge on any atom is 0.419 e. The molecule has 10 heteroatoms. The van der Waals surface area contributed by atoms with Gasteiger partial charge in [0.1, 0.15) is 11.5 Å². The van der Waals surface area contributed by atoms with Crippen molar-refractivity contribution in [1.29, 1.82) is 0 Å². The van der Waals surface area contributed by atoms with E-state index in [1.807, 2.05) is 16.7 Å². The minimum Gasteiger partial charge on any atom is -0.324 e. The molecule has 0 aliphatic carbocycles.